The van der Waals surface area contributed by atoms with E-state index in [-0.39, 0.29) is 23.4 Å². The molecule has 120 valence electrons. The van der Waals surface area contributed by atoms with Crippen molar-refractivity contribution in [3.8, 4) is 0 Å². The number of benzene rings is 1. The number of imidazole rings is 1. The molecule has 2 aromatic heterocycles. The van der Waals surface area contributed by atoms with Crippen LogP contribution < -0.4 is 5.56 Å². The summed E-state index contributed by atoms with van der Waals surface area (Å²) in [5, 5.41) is 1.11. The molecule has 22 heavy (non-hydrogen) atoms. The molecule has 3 aromatic rings. The van der Waals surface area contributed by atoms with Crippen LogP contribution in [0.3, 0.4) is 0 Å². The summed E-state index contributed by atoms with van der Waals surface area (Å²) < 4.78 is 3.91. The van der Waals surface area contributed by atoms with E-state index in [1.54, 1.807) is 6.33 Å². The Labute approximate surface area is 135 Å². The van der Waals surface area contributed by atoms with Crippen LogP contribution in [0.25, 0.3) is 21.9 Å². The lowest BCUT2D eigenvalue weighted by Crippen LogP contribution is -2.21. The Morgan fingerprint density at radius 2 is 1.91 bits per heavy atom. The zero-order valence-corrected chi connectivity index (χ0v) is 13.7. The highest BCUT2D eigenvalue weighted by Gasteiger charge is 2.14. The zero-order valence-electron chi connectivity index (χ0n) is 12.9. The molecule has 3 rings (SSSR count). The minimum absolute atomic E-state index is 0. The molecule has 2 N–H and O–H groups in total. The summed E-state index contributed by atoms with van der Waals surface area (Å²) in [6.07, 6.45) is 3.84. The lowest BCUT2D eigenvalue weighted by molar-refractivity contribution is 0.634. The van der Waals surface area contributed by atoms with Gasteiger partial charge in [-0.15, -0.1) is 12.4 Å². The Morgan fingerprint density at radius 3 is 2.59 bits per heavy atom. The molecule has 1 aromatic carbocycles. The summed E-state index contributed by atoms with van der Waals surface area (Å²) in [4.78, 5) is 17.0. The maximum absolute atomic E-state index is 12.7. The van der Waals surface area contributed by atoms with E-state index in [1.165, 1.54) is 0 Å². The molecule has 0 bridgehead atoms. The third kappa shape index (κ3) is 2.74. The number of halogens is 1. The first-order valence-electron chi connectivity index (χ1n) is 7.24. The molecule has 0 amide bonds. The fourth-order valence-corrected chi connectivity index (χ4v) is 2.75. The van der Waals surface area contributed by atoms with Crippen molar-refractivity contribution in [3.63, 3.8) is 0 Å². The van der Waals surface area contributed by atoms with Gasteiger partial charge in [0.25, 0.3) is 5.56 Å². The van der Waals surface area contributed by atoms with Crippen molar-refractivity contribution in [2.24, 2.45) is 0 Å². The summed E-state index contributed by atoms with van der Waals surface area (Å²) in [6.45, 7) is 5.78. The van der Waals surface area contributed by atoms with Crippen LogP contribution in [0.4, 0.5) is 0 Å². The maximum atomic E-state index is 12.7. The largest absolute Gasteiger partial charge is 0.412 e. The monoisotopic (exact) mass is 323 g/mol. The van der Waals surface area contributed by atoms with Crippen LogP contribution in [0.5, 0.6) is 0 Å². The van der Waals surface area contributed by atoms with Crippen LogP contribution in [0.15, 0.2) is 35.4 Å². The van der Waals surface area contributed by atoms with E-state index in [1.807, 2.05) is 27.3 Å². The second-order valence-electron chi connectivity index (χ2n) is 5.06. The Kier molecular flexibility index (Phi) is 6.14. The molecule has 0 aliphatic rings. The number of unbranched alkanes of at least 4 members (excludes halogenated alkanes) is 1. The van der Waals surface area contributed by atoms with Crippen LogP contribution in [0.2, 0.25) is 0 Å². The standard InChI is InChI=1S/C16H19N3O.ClH.H2O/c1-3-5-10-19-13-9-7-6-8-12(13)15-14(16(19)20)17-11-18(15)4-2;;/h6-9,11H,3-5,10H2,1-2H3;1H;1H2. The van der Waals surface area contributed by atoms with Gasteiger partial charge in [0.05, 0.1) is 17.4 Å². The maximum Gasteiger partial charge on any atom is 0.279 e. The molecule has 2 heterocycles. The van der Waals surface area contributed by atoms with E-state index in [9.17, 15) is 4.79 Å². The van der Waals surface area contributed by atoms with E-state index in [4.69, 9.17) is 0 Å². The fourth-order valence-electron chi connectivity index (χ4n) is 2.75. The Balaban J connectivity index is 0.00000121. The topological polar surface area (TPSA) is 71.3 Å². The molecule has 0 unspecified atom stereocenters. The van der Waals surface area contributed by atoms with Crippen molar-refractivity contribution in [1.29, 1.82) is 0 Å². The molecule has 6 heteroatoms. The molecule has 0 saturated heterocycles. The molecule has 0 spiro atoms. The lowest BCUT2D eigenvalue weighted by atomic mass is 10.1. The summed E-state index contributed by atoms with van der Waals surface area (Å²) in [6, 6.07) is 8.11. The van der Waals surface area contributed by atoms with Crippen LogP contribution in [-0.4, -0.2) is 19.6 Å². The molecule has 5 nitrogen and oxygen atoms in total. The predicted molar refractivity (Wildman–Crippen MR) is 92.9 cm³/mol. The molecular weight excluding hydrogens is 302 g/mol. The number of hydrogen-bond acceptors (Lipinski definition) is 2. The molecule has 0 saturated carbocycles. The average Bonchev–Trinajstić information content (AvgIpc) is 2.91. The van der Waals surface area contributed by atoms with E-state index in [0.717, 1.165) is 42.4 Å². The van der Waals surface area contributed by atoms with Gasteiger partial charge < -0.3 is 14.6 Å². The number of para-hydroxylation sites is 1. The van der Waals surface area contributed by atoms with Gasteiger partial charge in [0, 0.05) is 18.5 Å². The van der Waals surface area contributed by atoms with Crippen molar-refractivity contribution in [1.82, 2.24) is 14.1 Å². The minimum atomic E-state index is 0. The van der Waals surface area contributed by atoms with Gasteiger partial charge in [0.1, 0.15) is 0 Å². The van der Waals surface area contributed by atoms with Gasteiger partial charge in [-0.05, 0) is 19.4 Å². The number of pyridine rings is 1. The molecule has 0 aliphatic carbocycles. The number of aromatic nitrogens is 3. The normalized spacial score (nSPS) is 10.5. The molecule has 0 atom stereocenters. The molecular formula is C16H22ClN3O2. The van der Waals surface area contributed by atoms with Crippen LogP contribution >= 0.6 is 12.4 Å². The minimum Gasteiger partial charge on any atom is -0.412 e. The summed E-state index contributed by atoms with van der Waals surface area (Å²) in [5.74, 6) is 0. The van der Waals surface area contributed by atoms with Gasteiger partial charge in [-0.1, -0.05) is 31.5 Å². The van der Waals surface area contributed by atoms with Gasteiger partial charge in [-0.25, -0.2) is 4.98 Å². The molecule has 0 aliphatic heterocycles. The predicted octanol–water partition coefficient (Wildman–Crippen LogP) is 2.77. The summed E-state index contributed by atoms with van der Waals surface area (Å²) in [7, 11) is 0. The third-order valence-corrected chi connectivity index (χ3v) is 3.81. The molecule has 0 fully saturated rings. The highest BCUT2D eigenvalue weighted by Crippen LogP contribution is 2.22. The number of rotatable bonds is 4. The second kappa shape index (κ2) is 7.42. The van der Waals surface area contributed by atoms with Crippen molar-refractivity contribution in [2.75, 3.05) is 0 Å². The van der Waals surface area contributed by atoms with Crippen molar-refractivity contribution in [2.45, 2.75) is 39.8 Å². The van der Waals surface area contributed by atoms with E-state index in [2.05, 4.69) is 24.9 Å². The van der Waals surface area contributed by atoms with Crippen LogP contribution in [0, 0.1) is 0 Å². The van der Waals surface area contributed by atoms with Gasteiger partial charge in [-0.2, -0.15) is 0 Å². The van der Waals surface area contributed by atoms with Gasteiger partial charge >= 0.3 is 0 Å². The summed E-state index contributed by atoms with van der Waals surface area (Å²) in [5.41, 5.74) is 2.58. The number of aryl methyl sites for hydroxylation is 2. The van der Waals surface area contributed by atoms with Gasteiger partial charge in [0.15, 0.2) is 5.52 Å². The summed E-state index contributed by atoms with van der Waals surface area (Å²) >= 11 is 0. The van der Waals surface area contributed by atoms with E-state index < -0.39 is 0 Å². The smallest absolute Gasteiger partial charge is 0.279 e. The van der Waals surface area contributed by atoms with Crippen molar-refractivity contribution in [3.05, 3.63) is 40.9 Å². The SMILES string of the molecule is CCCCn1c(=O)c2ncn(CC)c2c2ccccc21.Cl.O. The first-order chi connectivity index (χ1) is 9.77. The highest BCUT2D eigenvalue weighted by atomic mass is 35.5. The van der Waals surface area contributed by atoms with Crippen molar-refractivity contribution >= 4 is 34.3 Å². The Bertz CT molecular complexity index is 823. The average molecular weight is 324 g/mol. The van der Waals surface area contributed by atoms with E-state index >= 15 is 0 Å². The zero-order chi connectivity index (χ0) is 14.1. The van der Waals surface area contributed by atoms with Crippen LogP contribution in [-0.2, 0) is 13.1 Å². The van der Waals surface area contributed by atoms with Gasteiger partial charge in [-0.3, -0.25) is 4.79 Å². The Morgan fingerprint density at radius 1 is 1.18 bits per heavy atom. The van der Waals surface area contributed by atoms with Crippen molar-refractivity contribution < 1.29 is 5.48 Å². The highest BCUT2D eigenvalue weighted by molar-refractivity contribution is 6.02. The second-order valence-corrected chi connectivity index (χ2v) is 5.06. The quantitative estimate of drug-likeness (QED) is 0.740. The third-order valence-electron chi connectivity index (χ3n) is 3.81. The first-order valence-corrected chi connectivity index (χ1v) is 7.24. The molecule has 0 radical (unpaired) electrons. The van der Waals surface area contributed by atoms with E-state index in [0.29, 0.717) is 5.52 Å². The fraction of sp³-hybridized carbons (Fsp3) is 0.375. The number of fused-ring (bicyclic) bond motifs is 3. The number of hydrogen-bond donors (Lipinski definition) is 0. The first kappa shape index (κ1) is 18.2. The Hall–Kier alpha value is -1.85. The van der Waals surface area contributed by atoms with Gasteiger partial charge in [0.2, 0.25) is 0 Å². The lowest BCUT2D eigenvalue weighted by Gasteiger charge is -2.11. The van der Waals surface area contributed by atoms with Crippen LogP contribution in [0.1, 0.15) is 26.7 Å². The number of nitrogens with zero attached hydrogens (tertiary/aromatic N) is 3.